The molecule has 1 aliphatic heterocycles. The maximum atomic E-state index is 9.13. The zero-order valence-electron chi connectivity index (χ0n) is 6.56. The molecular formula is C9H11ClO2. The SMILES string of the molecule is Cl.OC1CCc2ccccc2O1. The quantitative estimate of drug-likeness (QED) is 0.669. The predicted octanol–water partition coefficient (Wildman–Crippen LogP) is 1.75. The molecule has 1 aromatic rings. The van der Waals surface area contributed by atoms with E-state index in [-0.39, 0.29) is 12.4 Å². The molecule has 2 rings (SSSR count). The summed E-state index contributed by atoms with van der Waals surface area (Å²) in [6.07, 6.45) is 1.01. The summed E-state index contributed by atoms with van der Waals surface area (Å²) in [7, 11) is 0. The Morgan fingerprint density at radius 2 is 2.08 bits per heavy atom. The summed E-state index contributed by atoms with van der Waals surface area (Å²) >= 11 is 0. The Balaban J connectivity index is 0.000000720. The lowest BCUT2D eigenvalue weighted by Crippen LogP contribution is -2.21. The Labute approximate surface area is 77.6 Å². The number of rotatable bonds is 0. The normalized spacial score (nSPS) is 20.2. The van der Waals surface area contributed by atoms with Crippen LogP contribution in [0.15, 0.2) is 24.3 Å². The fourth-order valence-corrected chi connectivity index (χ4v) is 1.31. The number of ether oxygens (including phenoxy) is 1. The molecule has 0 fully saturated rings. The van der Waals surface area contributed by atoms with Crippen LogP contribution < -0.4 is 4.74 Å². The molecule has 0 radical (unpaired) electrons. The maximum absolute atomic E-state index is 9.13. The highest BCUT2D eigenvalue weighted by molar-refractivity contribution is 5.85. The van der Waals surface area contributed by atoms with Gasteiger partial charge >= 0.3 is 0 Å². The summed E-state index contributed by atoms with van der Waals surface area (Å²) < 4.78 is 5.19. The number of aliphatic hydroxyl groups excluding tert-OH is 1. The van der Waals surface area contributed by atoms with Crippen molar-refractivity contribution in [1.29, 1.82) is 0 Å². The van der Waals surface area contributed by atoms with Crippen LogP contribution in [0.3, 0.4) is 0 Å². The Morgan fingerprint density at radius 1 is 1.33 bits per heavy atom. The number of hydrogen-bond acceptors (Lipinski definition) is 2. The van der Waals surface area contributed by atoms with Gasteiger partial charge in [-0.2, -0.15) is 0 Å². The molecule has 1 atom stereocenters. The van der Waals surface area contributed by atoms with Gasteiger partial charge in [-0.1, -0.05) is 18.2 Å². The van der Waals surface area contributed by atoms with Crippen LogP contribution in [0.5, 0.6) is 5.75 Å². The molecular weight excluding hydrogens is 176 g/mol. The van der Waals surface area contributed by atoms with Gasteiger partial charge in [0.05, 0.1) is 0 Å². The second-order valence-corrected chi connectivity index (χ2v) is 2.72. The first-order chi connectivity index (χ1) is 5.36. The summed E-state index contributed by atoms with van der Waals surface area (Å²) in [4.78, 5) is 0. The van der Waals surface area contributed by atoms with Crippen molar-refractivity contribution >= 4 is 12.4 Å². The molecule has 1 aromatic carbocycles. The number of fused-ring (bicyclic) bond motifs is 1. The topological polar surface area (TPSA) is 29.5 Å². The standard InChI is InChI=1S/C9H10O2.ClH/c10-9-6-5-7-3-1-2-4-8(7)11-9;/h1-4,9-10H,5-6H2;1H. The zero-order valence-corrected chi connectivity index (χ0v) is 7.38. The van der Waals surface area contributed by atoms with Crippen molar-refractivity contribution in [2.24, 2.45) is 0 Å². The molecule has 0 saturated carbocycles. The Bertz CT molecular complexity index is 262. The van der Waals surface area contributed by atoms with Gasteiger partial charge in [0.15, 0.2) is 6.29 Å². The fraction of sp³-hybridized carbons (Fsp3) is 0.333. The number of hydrogen-bond donors (Lipinski definition) is 1. The minimum Gasteiger partial charge on any atom is -0.465 e. The van der Waals surface area contributed by atoms with Gasteiger partial charge in [-0.3, -0.25) is 0 Å². The first-order valence-corrected chi connectivity index (χ1v) is 3.79. The van der Waals surface area contributed by atoms with Crippen LogP contribution >= 0.6 is 12.4 Å². The van der Waals surface area contributed by atoms with Crippen molar-refractivity contribution < 1.29 is 9.84 Å². The third-order valence-corrected chi connectivity index (χ3v) is 1.90. The molecule has 12 heavy (non-hydrogen) atoms. The van der Waals surface area contributed by atoms with Gasteiger partial charge in [0, 0.05) is 6.42 Å². The van der Waals surface area contributed by atoms with Crippen LogP contribution in [0.1, 0.15) is 12.0 Å². The van der Waals surface area contributed by atoms with Gasteiger partial charge in [-0.05, 0) is 18.1 Å². The number of aryl methyl sites for hydroxylation is 1. The first kappa shape index (κ1) is 9.36. The summed E-state index contributed by atoms with van der Waals surface area (Å²) in [5.74, 6) is 0.825. The molecule has 1 heterocycles. The van der Waals surface area contributed by atoms with E-state index in [1.54, 1.807) is 0 Å². The van der Waals surface area contributed by atoms with Gasteiger partial charge < -0.3 is 9.84 Å². The van der Waals surface area contributed by atoms with Crippen molar-refractivity contribution in [2.75, 3.05) is 0 Å². The average Bonchev–Trinajstić information content (AvgIpc) is 2.04. The molecule has 3 heteroatoms. The van der Waals surface area contributed by atoms with E-state index >= 15 is 0 Å². The van der Waals surface area contributed by atoms with E-state index in [1.165, 1.54) is 5.56 Å². The van der Waals surface area contributed by atoms with Crippen molar-refractivity contribution in [3.05, 3.63) is 29.8 Å². The van der Waals surface area contributed by atoms with E-state index in [0.29, 0.717) is 6.42 Å². The smallest absolute Gasteiger partial charge is 0.197 e. The Hall–Kier alpha value is -0.730. The Kier molecular flexibility index (Phi) is 2.95. The second-order valence-electron chi connectivity index (χ2n) is 2.72. The number of para-hydroxylation sites is 1. The van der Waals surface area contributed by atoms with Gasteiger partial charge in [0.1, 0.15) is 5.75 Å². The van der Waals surface area contributed by atoms with E-state index in [4.69, 9.17) is 9.84 Å². The summed E-state index contributed by atoms with van der Waals surface area (Å²) in [5.41, 5.74) is 1.19. The van der Waals surface area contributed by atoms with E-state index in [2.05, 4.69) is 0 Å². The lowest BCUT2D eigenvalue weighted by atomic mass is 10.1. The van der Waals surface area contributed by atoms with Crippen LogP contribution in [0.4, 0.5) is 0 Å². The van der Waals surface area contributed by atoms with Crippen molar-refractivity contribution in [3.63, 3.8) is 0 Å². The van der Waals surface area contributed by atoms with Crippen LogP contribution in [-0.4, -0.2) is 11.4 Å². The molecule has 0 aromatic heterocycles. The van der Waals surface area contributed by atoms with Crippen LogP contribution in [0.25, 0.3) is 0 Å². The fourth-order valence-electron chi connectivity index (χ4n) is 1.31. The van der Waals surface area contributed by atoms with Gasteiger partial charge in [0.25, 0.3) is 0 Å². The molecule has 1 aliphatic rings. The molecule has 2 nitrogen and oxygen atoms in total. The molecule has 0 saturated heterocycles. The summed E-state index contributed by atoms with van der Waals surface area (Å²) in [6.45, 7) is 0. The van der Waals surface area contributed by atoms with E-state index < -0.39 is 6.29 Å². The molecule has 1 N–H and O–H groups in total. The maximum Gasteiger partial charge on any atom is 0.197 e. The monoisotopic (exact) mass is 186 g/mol. The van der Waals surface area contributed by atoms with Gasteiger partial charge in [0.2, 0.25) is 0 Å². The second kappa shape index (κ2) is 3.78. The molecule has 0 spiro atoms. The van der Waals surface area contributed by atoms with Gasteiger partial charge in [-0.15, -0.1) is 12.4 Å². The number of halogens is 1. The minimum atomic E-state index is -0.607. The molecule has 66 valence electrons. The van der Waals surface area contributed by atoms with Crippen LogP contribution in [-0.2, 0) is 6.42 Å². The van der Waals surface area contributed by atoms with E-state index in [0.717, 1.165) is 12.2 Å². The van der Waals surface area contributed by atoms with Crippen LogP contribution in [0, 0.1) is 0 Å². The molecule has 0 bridgehead atoms. The van der Waals surface area contributed by atoms with Crippen LogP contribution in [0.2, 0.25) is 0 Å². The largest absolute Gasteiger partial charge is 0.465 e. The molecule has 1 unspecified atom stereocenters. The van der Waals surface area contributed by atoms with E-state index in [9.17, 15) is 0 Å². The summed E-state index contributed by atoms with van der Waals surface area (Å²) in [6, 6.07) is 7.82. The lowest BCUT2D eigenvalue weighted by Gasteiger charge is -2.21. The highest BCUT2D eigenvalue weighted by atomic mass is 35.5. The average molecular weight is 187 g/mol. The molecule has 0 amide bonds. The highest BCUT2D eigenvalue weighted by Gasteiger charge is 2.15. The van der Waals surface area contributed by atoms with E-state index in [1.807, 2.05) is 24.3 Å². The minimum absolute atomic E-state index is 0. The molecule has 0 aliphatic carbocycles. The Morgan fingerprint density at radius 3 is 2.92 bits per heavy atom. The number of benzene rings is 1. The van der Waals surface area contributed by atoms with Crippen molar-refractivity contribution in [3.8, 4) is 5.75 Å². The third kappa shape index (κ3) is 1.71. The number of aliphatic hydroxyl groups is 1. The summed E-state index contributed by atoms with van der Waals surface area (Å²) in [5, 5.41) is 9.13. The van der Waals surface area contributed by atoms with Crippen molar-refractivity contribution in [2.45, 2.75) is 19.1 Å². The van der Waals surface area contributed by atoms with Crippen molar-refractivity contribution in [1.82, 2.24) is 0 Å². The third-order valence-electron chi connectivity index (χ3n) is 1.90. The highest BCUT2D eigenvalue weighted by Crippen LogP contribution is 2.25. The predicted molar refractivity (Wildman–Crippen MR) is 48.6 cm³/mol. The first-order valence-electron chi connectivity index (χ1n) is 3.79. The lowest BCUT2D eigenvalue weighted by molar-refractivity contribution is -0.0316. The zero-order chi connectivity index (χ0) is 7.68. The van der Waals surface area contributed by atoms with Gasteiger partial charge in [-0.25, -0.2) is 0 Å².